The number of nitrogens with zero attached hydrogens (tertiary/aromatic N) is 2. The summed E-state index contributed by atoms with van der Waals surface area (Å²) in [6, 6.07) is 43.0. The lowest BCUT2D eigenvalue weighted by Crippen LogP contribution is -2.29. The number of para-hydroxylation sites is 3. The van der Waals surface area contributed by atoms with Crippen molar-refractivity contribution in [2.24, 2.45) is 0 Å². The maximum atomic E-state index is 9.69. The molecular formula is C30H23BN2O2. The summed E-state index contributed by atoms with van der Waals surface area (Å²) < 4.78 is 2.22. The van der Waals surface area contributed by atoms with Crippen molar-refractivity contribution in [1.29, 1.82) is 0 Å². The summed E-state index contributed by atoms with van der Waals surface area (Å²) in [5, 5.41) is 21.5. The molecule has 0 aliphatic heterocycles. The Morgan fingerprint density at radius 2 is 1.06 bits per heavy atom. The van der Waals surface area contributed by atoms with Crippen LogP contribution in [0.15, 0.2) is 127 Å². The number of aromatic nitrogens is 1. The SMILES string of the molecule is OB(O)c1ccc2c(c1)c1ccccc1n2-c1ccc(N(c2ccccc2)c2ccccc2)cc1. The average molecular weight is 454 g/mol. The van der Waals surface area contributed by atoms with Gasteiger partial charge in [-0.15, -0.1) is 0 Å². The molecule has 5 aromatic carbocycles. The van der Waals surface area contributed by atoms with Crippen molar-refractivity contribution >= 4 is 51.4 Å². The van der Waals surface area contributed by atoms with Crippen LogP contribution in [0.3, 0.4) is 0 Å². The van der Waals surface area contributed by atoms with E-state index in [0.29, 0.717) is 5.46 Å². The van der Waals surface area contributed by atoms with E-state index in [0.717, 1.165) is 44.6 Å². The molecule has 0 spiro atoms. The number of fused-ring (bicyclic) bond motifs is 3. The highest BCUT2D eigenvalue weighted by molar-refractivity contribution is 6.59. The van der Waals surface area contributed by atoms with E-state index < -0.39 is 7.12 Å². The molecule has 4 nitrogen and oxygen atoms in total. The fourth-order valence-corrected chi connectivity index (χ4v) is 4.78. The minimum Gasteiger partial charge on any atom is -0.423 e. The highest BCUT2D eigenvalue weighted by Gasteiger charge is 2.17. The van der Waals surface area contributed by atoms with E-state index in [1.807, 2.05) is 36.4 Å². The zero-order valence-electron chi connectivity index (χ0n) is 19.0. The molecule has 0 amide bonds. The second-order valence-corrected chi connectivity index (χ2v) is 8.53. The molecule has 168 valence electrons. The predicted octanol–water partition coefficient (Wildman–Crippen LogP) is 5.93. The van der Waals surface area contributed by atoms with Gasteiger partial charge in [0.25, 0.3) is 0 Å². The Kier molecular flexibility index (Phi) is 5.34. The first-order valence-electron chi connectivity index (χ1n) is 11.6. The molecule has 0 aliphatic rings. The van der Waals surface area contributed by atoms with Crippen LogP contribution >= 0.6 is 0 Å². The highest BCUT2D eigenvalue weighted by atomic mass is 16.4. The molecule has 0 fully saturated rings. The maximum Gasteiger partial charge on any atom is 0.488 e. The fourth-order valence-electron chi connectivity index (χ4n) is 4.78. The van der Waals surface area contributed by atoms with Crippen molar-refractivity contribution in [2.45, 2.75) is 0 Å². The molecular weight excluding hydrogens is 431 g/mol. The zero-order chi connectivity index (χ0) is 23.8. The summed E-state index contributed by atoms with van der Waals surface area (Å²) in [7, 11) is -1.50. The average Bonchev–Trinajstić information content (AvgIpc) is 3.24. The number of rotatable bonds is 5. The van der Waals surface area contributed by atoms with Gasteiger partial charge in [0.15, 0.2) is 0 Å². The number of hydrogen-bond acceptors (Lipinski definition) is 3. The number of anilines is 3. The molecule has 0 saturated heterocycles. The third-order valence-electron chi connectivity index (χ3n) is 6.39. The van der Waals surface area contributed by atoms with Gasteiger partial charge in [-0.25, -0.2) is 0 Å². The first-order valence-corrected chi connectivity index (χ1v) is 11.6. The van der Waals surface area contributed by atoms with Crippen LogP contribution in [0.1, 0.15) is 0 Å². The second-order valence-electron chi connectivity index (χ2n) is 8.53. The molecule has 6 aromatic rings. The van der Waals surface area contributed by atoms with Crippen LogP contribution in [0, 0.1) is 0 Å². The summed E-state index contributed by atoms with van der Waals surface area (Å²) in [5.41, 5.74) is 6.87. The van der Waals surface area contributed by atoms with Gasteiger partial charge in [-0.1, -0.05) is 66.7 Å². The summed E-state index contributed by atoms with van der Waals surface area (Å²) in [6.07, 6.45) is 0. The van der Waals surface area contributed by atoms with Crippen molar-refractivity contribution in [2.75, 3.05) is 4.90 Å². The predicted molar refractivity (Wildman–Crippen MR) is 145 cm³/mol. The van der Waals surface area contributed by atoms with Gasteiger partial charge in [0.05, 0.1) is 11.0 Å². The molecule has 2 N–H and O–H groups in total. The summed E-state index contributed by atoms with van der Waals surface area (Å²) >= 11 is 0. The molecule has 0 saturated carbocycles. The molecule has 1 heterocycles. The molecule has 0 unspecified atom stereocenters. The van der Waals surface area contributed by atoms with E-state index >= 15 is 0 Å². The fraction of sp³-hybridized carbons (Fsp3) is 0. The van der Waals surface area contributed by atoms with Crippen LogP contribution < -0.4 is 10.4 Å². The second kappa shape index (κ2) is 8.80. The van der Waals surface area contributed by atoms with Crippen LogP contribution in [0.4, 0.5) is 17.1 Å². The monoisotopic (exact) mass is 454 g/mol. The number of benzene rings is 5. The van der Waals surface area contributed by atoms with Crippen molar-refractivity contribution in [3.05, 3.63) is 127 Å². The standard InChI is InChI=1S/C30H23BN2O2/c34-31(35)22-15-20-30-28(21-22)27-13-7-8-14-29(27)33(30)26-18-16-25(17-19-26)32(23-9-3-1-4-10-23)24-11-5-2-6-12-24/h1-21,34-35H. The van der Waals surface area contributed by atoms with Crippen LogP contribution in [0.5, 0.6) is 0 Å². The summed E-state index contributed by atoms with van der Waals surface area (Å²) in [6.45, 7) is 0. The Labute approximate surface area is 204 Å². The molecule has 6 rings (SSSR count). The van der Waals surface area contributed by atoms with Crippen LogP contribution in [0.25, 0.3) is 27.5 Å². The molecule has 5 heteroatoms. The van der Waals surface area contributed by atoms with E-state index in [-0.39, 0.29) is 0 Å². The maximum absolute atomic E-state index is 9.69. The minimum absolute atomic E-state index is 0.483. The third-order valence-corrected chi connectivity index (χ3v) is 6.39. The van der Waals surface area contributed by atoms with Gasteiger partial charge < -0.3 is 19.5 Å². The van der Waals surface area contributed by atoms with E-state index in [1.54, 1.807) is 6.07 Å². The normalized spacial score (nSPS) is 11.1. The lowest BCUT2D eigenvalue weighted by atomic mass is 9.80. The Balaban J connectivity index is 1.50. The highest BCUT2D eigenvalue weighted by Crippen LogP contribution is 2.36. The van der Waals surface area contributed by atoms with Crippen LogP contribution in [0.2, 0.25) is 0 Å². The first-order chi connectivity index (χ1) is 17.2. The lowest BCUT2D eigenvalue weighted by Gasteiger charge is -2.25. The van der Waals surface area contributed by atoms with E-state index in [1.165, 1.54) is 0 Å². The summed E-state index contributed by atoms with van der Waals surface area (Å²) in [5.74, 6) is 0. The molecule has 1 aromatic heterocycles. The van der Waals surface area contributed by atoms with Gasteiger partial charge in [-0.3, -0.25) is 0 Å². The van der Waals surface area contributed by atoms with Crippen molar-refractivity contribution in [3.8, 4) is 5.69 Å². The van der Waals surface area contributed by atoms with Crippen molar-refractivity contribution in [3.63, 3.8) is 0 Å². The zero-order valence-corrected chi connectivity index (χ0v) is 19.0. The van der Waals surface area contributed by atoms with Gasteiger partial charge in [-0.05, 0) is 66.1 Å². The molecule has 0 bridgehead atoms. The van der Waals surface area contributed by atoms with Gasteiger partial charge >= 0.3 is 7.12 Å². The van der Waals surface area contributed by atoms with Gasteiger partial charge in [0.1, 0.15) is 0 Å². The van der Waals surface area contributed by atoms with Crippen LogP contribution in [-0.2, 0) is 0 Å². The Morgan fingerprint density at radius 1 is 0.514 bits per heavy atom. The largest absolute Gasteiger partial charge is 0.488 e. The topological polar surface area (TPSA) is 48.6 Å². The molecule has 0 atom stereocenters. The summed E-state index contributed by atoms with van der Waals surface area (Å²) in [4.78, 5) is 2.24. The Hall–Kier alpha value is -4.32. The van der Waals surface area contributed by atoms with E-state index in [9.17, 15) is 10.0 Å². The van der Waals surface area contributed by atoms with Crippen molar-refractivity contribution < 1.29 is 10.0 Å². The van der Waals surface area contributed by atoms with Gasteiger partial charge in [0, 0.05) is 33.5 Å². The lowest BCUT2D eigenvalue weighted by molar-refractivity contribution is 0.426. The molecule has 0 aliphatic carbocycles. The Bertz CT molecular complexity index is 1570. The van der Waals surface area contributed by atoms with Gasteiger partial charge in [-0.2, -0.15) is 0 Å². The van der Waals surface area contributed by atoms with E-state index in [2.05, 4.69) is 94.4 Å². The van der Waals surface area contributed by atoms with Crippen LogP contribution in [-0.4, -0.2) is 21.7 Å². The van der Waals surface area contributed by atoms with Gasteiger partial charge in [0.2, 0.25) is 0 Å². The molecule has 35 heavy (non-hydrogen) atoms. The Morgan fingerprint density at radius 3 is 1.69 bits per heavy atom. The first kappa shape index (κ1) is 21.2. The minimum atomic E-state index is -1.50. The third kappa shape index (κ3) is 3.77. The van der Waals surface area contributed by atoms with E-state index in [4.69, 9.17) is 0 Å². The quantitative estimate of drug-likeness (QED) is 0.318. The smallest absolute Gasteiger partial charge is 0.423 e. The van der Waals surface area contributed by atoms with Crippen molar-refractivity contribution in [1.82, 2.24) is 4.57 Å². The molecule has 0 radical (unpaired) electrons. The number of hydrogen-bond donors (Lipinski definition) is 2.